The van der Waals surface area contributed by atoms with Gasteiger partial charge in [-0.15, -0.1) is 0 Å². The third-order valence-electron chi connectivity index (χ3n) is 2.11. The molecule has 0 saturated heterocycles. The van der Waals surface area contributed by atoms with Gasteiger partial charge in [0.1, 0.15) is 10.4 Å². The summed E-state index contributed by atoms with van der Waals surface area (Å²) in [5, 5.41) is 11.8. The zero-order valence-corrected chi connectivity index (χ0v) is 10.3. The van der Waals surface area contributed by atoms with Crippen LogP contribution in [0.4, 0.5) is 5.69 Å². The van der Waals surface area contributed by atoms with Crippen molar-refractivity contribution in [2.75, 3.05) is 5.32 Å². The van der Waals surface area contributed by atoms with Gasteiger partial charge in [-0.3, -0.25) is 4.79 Å². The van der Waals surface area contributed by atoms with Gasteiger partial charge in [0.15, 0.2) is 0 Å². The molecule has 4 nitrogen and oxygen atoms in total. The molecule has 1 heterocycles. The lowest BCUT2D eigenvalue weighted by molar-refractivity contribution is 0.102. The average molecular weight is 293 g/mol. The van der Waals surface area contributed by atoms with Crippen LogP contribution in [-0.2, 0) is 0 Å². The minimum absolute atomic E-state index is 0.160. The van der Waals surface area contributed by atoms with Gasteiger partial charge in [-0.05, 0) is 52.3 Å². The van der Waals surface area contributed by atoms with Gasteiger partial charge in [0.05, 0.1) is 5.56 Å². The van der Waals surface area contributed by atoms with Crippen LogP contribution in [0.5, 0.6) is 5.75 Å². The normalized spacial score (nSPS) is 9.94. The van der Waals surface area contributed by atoms with E-state index in [2.05, 4.69) is 26.2 Å². The third-order valence-corrected chi connectivity index (χ3v) is 2.58. The van der Waals surface area contributed by atoms with E-state index in [1.54, 1.807) is 24.3 Å². The fourth-order valence-corrected chi connectivity index (χ4v) is 1.49. The van der Waals surface area contributed by atoms with Crippen molar-refractivity contribution >= 4 is 27.5 Å². The van der Waals surface area contributed by atoms with Crippen molar-refractivity contribution < 1.29 is 9.90 Å². The third kappa shape index (κ3) is 3.04. The molecule has 0 saturated carbocycles. The van der Waals surface area contributed by atoms with Gasteiger partial charge in [-0.25, -0.2) is 4.98 Å². The number of pyridine rings is 1. The Labute approximate surface area is 106 Å². The second kappa shape index (κ2) is 4.97. The molecular weight excluding hydrogens is 284 g/mol. The predicted octanol–water partition coefficient (Wildman–Crippen LogP) is 2.80. The lowest BCUT2D eigenvalue weighted by atomic mass is 10.2. The summed E-state index contributed by atoms with van der Waals surface area (Å²) >= 11 is 3.20. The van der Waals surface area contributed by atoms with Crippen LogP contribution in [0, 0.1) is 0 Å². The molecule has 86 valence electrons. The SMILES string of the molecule is O=C(Nc1ccc(O)cc1)c1ccc(Br)nc1. The van der Waals surface area contributed by atoms with E-state index in [9.17, 15) is 4.79 Å². The molecule has 1 amide bonds. The lowest BCUT2D eigenvalue weighted by Crippen LogP contribution is -2.11. The summed E-state index contributed by atoms with van der Waals surface area (Å²) in [4.78, 5) is 15.8. The molecule has 0 aliphatic rings. The summed E-state index contributed by atoms with van der Waals surface area (Å²) in [6.45, 7) is 0. The Morgan fingerprint density at radius 2 is 1.88 bits per heavy atom. The zero-order valence-electron chi connectivity index (χ0n) is 8.72. The molecule has 0 aliphatic heterocycles. The minimum Gasteiger partial charge on any atom is -0.508 e. The monoisotopic (exact) mass is 292 g/mol. The van der Waals surface area contributed by atoms with E-state index in [1.807, 2.05) is 0 Å². The van der Waals surface area contributed by atoms with Crippen LogP contribution in [0.25, 0.3) is 0 Å². The number of hydrogen-bond donors (Lipinski definition) is 2. The van der Waals surface area contributed by atoms with E-state index in [-0.39, 0.29) is 11.7 Å². The van der Waals surface area contributed by atoms with E-state index in [0.717, 1.165) is 0 Å². The molecule has 0 fully saturated rings. The molecule has 0 atom stereocenters. The van der Waals surface area contributed by atoms with Crippen molar-refractivity contribution in [1.29, 1.82) is 0 Å². The summed E-state index contributed by atoms with van der Waals surface area (Å²) in [5.41, 5.74) is 1.09. The van der Waals surface area contributed by atoms with Gasteiger partial charge in [-0.2, -0.15) is 0 Å². The number of aromatic hydroxyl groups is 1. The molecule has 0 spiro atoms. The number of phenols is 1. The molecule has 1 aromatic carbocycles. The Balaban J connectivity index is 2.11. The average Bonchev–Trinajstić information content (AvgIpc) is 2.33. The molecule has 1 aromatic heterocycles. The highest BCUT2D eigenvalue weighted by Gasteiger charge is 2.06. The molecular formula is C12H9BrN2O2. The summed E-state index contributed by atoms with van der Waals surface area (Å²) in [6, 6.07) is 9.64. The van der Waals surface area contributed by atoms with Crippen LogP contribution >= 0.6 is 15.9 Å². The number of benzene rings is 1. The molecule has 0 bridgehead atoms. The number of nitrogens with one attached hydrogen (secondary N) is 1. The first kappa shape index (κ1) is 11.6. The van der Waals surface area contributed by atoms with Crippen LogP contribution in [0.15, 0.2) is 47.2 Å². The van der Waals surface area contributed by atoms with Crippen molar-refractivity contribution in [3.05, 3.63) is 52.8 Å². The van der Waals surface area contributed by atoms with Crippen molar-refractivity contribution in [3.8, 4) is 5.75 Å². The Kier molecular flexibility index (Phi) is 3.39. The lowest BCUT2D eigenvalue weighted by Gasteiger charge is -2.04. The quantitative estimate of drug-likeness (QED) is 0.661. The van der Waals surface area contributed by atoms with Crippen LogP contribution in [0.2, 0.25) is 0 Å². The largest absolute Gasteiger partial charge is 0.508 e. The highest BCUT2D eigenvalue weighted by Crippen LogP contribution is 2.15. The summed E-state index contributed by atoms with van der Waals surface area (Å²) in [5.74, 6) is -0.0796. The molecule has 17 heavy (non-hydrogen) atoms. The van der Waals surface area contributed by atoms with Crippen LogP contribution in [0.3, 0.4) is 0 Å². The second-order valence-corrected chi connectivity index (χ2v) is 4.18. The molecule has 0 radical (unpaired) electrons. The summed E-state index contributed by atoms with van der Waals surface area (Å²) in [6.07, 6.45) is 1.49. The summed E-state index contributed by atoms with van der Waals surface area (Å²) < 4.78 is 0.679. The number of amides is 1. The Morgan fingerprint density at radius 1 is 1.18 bits per heavy atom. The van der Waals surface area contributed by atoms with Crippen LogP contribution in [-0.4, -0.2) is 16.0 Å². The predicted molar refractivity (Wildman–Crippen MR) is 68.0 cm³/mol. The number of carbonyl (C=O) groups excluding carboxylic acids is 1. The molecule has 0 unspecified atom stereocenters. The number of nitrogens with zero attached hydrogens (tertiary/aromatic N) is 1. The van der Waals surface area contributed by atoms with Crippen molar-refractivity contribution in [1.82, 2.24) is 4.98 Å². The number of anilines is 1. The van der Waals surface area contributed by atoms with Crippen LogP contribution < -0.4 is 5.32 Å². The molecule has 2 aromatic rings. The maximum Gasteiger partial charge on any atom is 0.257 e. The molecule has 2 rings (SSSR count). The first-order chi connectivity index (χ1) is 8.15. The molecule has 0 aliphatic carbocycles. The Hall–Kier alpha value is -1.88. The Bertz CT molecular complexity index is 523. The second-order valence-electron chi connectivity index (χ2n) is 3.37. The highest BCUT2D eigenvalue weighted by atomic mass is 79.9. The van der Waals surface area contributed by atoms with Gasteiger partial charge < -0.3 is 10.4 Å². The van der Waals surface area contributed by atoms with Gasteiger partial charge in [0, 0.05) is 11.9 Å². The number of aromatic nitrogens is 1. The van der Waals surface area contributed by atoms with E-state index in [1.165, 1.54) is 18.3 Å². The van der Waals surface area contributed by atoms with E-state index in [0.29, 0.717) is 15.9 Å². The fourth-order valence-electron chi connectivity index (χ4n) is 1.26. The van der Waals surface area contributed by atoms with Crippen molar-refractivity contribution in [3.63, 3.8) is 0 Å². The standard InChI is InChI=1S/C12H9BrN2O2/c13-11-6-1-8(7-14-11)12(17)15-9-2-4-10(16)5-3-9/h1-7,16H,(H,15,17). The van der Waals surface area contributed by atoms with Gasteiger partial charge in [0.2, 0.25) is 0 Å². The minimum atomic E-state index is -0.240. The van der Waals surface area contributed by atoms with E-state index >= 15 is 0 Å². The van der Waals surface area contributed by atoms with Crippen molar-refractivity contribution in [2.45, 2.75) is 0 Å². The number of rotatable bonds is 2. The van der Waals surface area contributed by atoms with Gasteiger partial charge in [-0.1, -0.05) is 0 Å². The summed E-state index contributed by atoms with van der Waals surface area (Å²) in [7, 11) is 0. The maximum atomic E-state index is 11.8. The number of hydrogen-bond acceptors (Lipinski definition) is 3. The number of phenolic OH excluding ortho intramolecular Hbond substituents is 1. The molecule has 2 N–H and O–H groups in total. The Morgan fingerprint density at radius 3 is 2.47 bits per heavy atom. The number of carbonyl (C=O) groups is 1. The van der Waals surface area contributed by atoms with E-state index < -0.39 is 0 Å². The smallest absolute Gasteiger partial charge is 0.257 e. The topological polar surface area (TPSA) is 62.2 Å². The molecule has 5 heteroatoms. The highest BCUT2D eigenvalue weighted by molar-refractivity contribution is 9.10. The van der Waals surface area contributed by atoms with Gasteiger partial charge >= 0.3 is 0 Å². The van der Waals surface area contributed by atoms with Crippen molar-refractivity contribution in [2.24, 2.45) is 0 Å². The zero-order chi connectivity index (χ0) is 12.3. The first-order valence-corrected chi connectivity index (χ1v) is 5.66. The maximum absolute atomic E-state index is 11.8. The first-order valence-electron chi connectivity index (χ1n) is 4.87. The number of halogens is 1. The van der Waals surface area contributed by atoms with E-state index in [4.69, 9.17) is 5.11 Å². The fraction of sp³-hybridized carbons (Fsp3) is 0. The van der Waals surface area contributed by atoms with Crippen LogP contribution in [0.1, 0.15) is 10.4 Å². The van der Waals surface area contributed by atoms with Gasteiger partial charge in [0.25, 0.3) is 5.91 Å².